The van der Waals surface area contributed by atoms with Crippen molar-refractivity contribution in [3.63, 3.8) is 0 Å². The molecule has 0 radical (unpaired) electrons. The molecule has 1 aliphatic carbocycles. The van der Waals surface area contributed by atoms with Gasteiger partial charge in [0, 0.05) is 0 Å². The Balaban J connectivity index is 0.000000647. The van der Waals surface area contributed by atoms with Crippen molar-refractivity contribution in [2.24, 2.45) is 0 Å². The number of hydrogen-bond donors (Lipinski definition) is 0. The van der Waals surface area contributed by atoms with Gasteiger partial charge in [-0.15, -0.1) is 0 Å². The summed E-state index contributed by atoms with van der Waals surface area (Å²) in [6.45, 7) is 14.6. The van der Waals surface area contributed by atoms with E-state index in [9.17, 15) is 0 Å². The second-order valence-corrected chi connectivity index (χ2v) is 22.4. The van der Waals surface area contributed by atoms with Gasteiger partial charge in [-0.1, -0.05) is 86.1 Å². The second kappa shape index (κ2) is 7.92. The van der Waals surface area contributed by atoms with Gasteiger partial charge >= 0.3 is 37.9 Å². The summed E-state index contributed by atoms with van der Waals surface area (Å²) in [4.78, 5) is 0. The number of fused-ring (bicyclic) bond motifs is 3. The Hall–Kier alpha value is 0.337. The molecule has 24 heavy (non-hydrogen) atoms. The number of benzene rings is 2. The molecule has 3 rings (SSSR count). The van der Waals surface area contributed by atoms with E-state index < -0.39 is 37.0 Å². The van der Waals surface area contributed by atoms with Crippen LogP contribution in [0.2, 0.25) is 39.3 Å². The standard InChI is InChI=1S/C19H26Si2.2ClH.Zr/c1-20(2,3)16-9-7-14-11-15-8-10-17(21(4,5)6)13-19(15)18(14)12-16;;;/h7-10,12-13H,11H2,1-6H3;2*1H;/q;;;+2/p-2. The van der Waals surface area contributed by atoms with Crippen molar-refractivity contribution in [3.05, 3.63) is 47.5 Å². The molecule has 0 amide bonds. The van der Waals surface area contributed by atoms with Crippen LogP contribution in [0.1, 0.15) is 11.1 Å². The SMILES string of the molecule is C[Si](C)(C)c1ccc2c(c1)-c1cc([Si](C)(C)C)ccc1C2.[Cl][Zr][Cl]. The maximum atomic E-state index is 4.93. The van der Waals surface area contributed by atoms with Gasteiger partial charge in [-0.3, -0.25) is 0 Å². The van der Waals surface area contributed by atoms with Crippen molar-refractivity contribution in [1.29, 1.82) is 0 Å². The molecular weight excluding hydrogens is 447 g/mol. The number of rotatable bonds is 2. The summed E-state index contributed by atoms with van der Waals surface area (Å²) < 4.78 is 0. The second-order valence-electron chi connectivity index (χ2n) is 8.49. The fourth-order valence-electron chi connectivity index (χ4n) is 3.10. The van der Waals surface area contributed by atoms with E-state index in [0.29, 0.717) is 0 Å². The van der Waals surface area contributed by atoms with Gasteiger partial charge < -0.3 is 0 Å². The fourth-order valence-corrected chi connectivity index (χ4v) is 5.42. The zero-order valence-corrected chi connectivity index (χ0v) is 21.4. The van der Waals surface area contributed by atoms with Gasteiger partial charge in [-0.05, 0) is 28.7 Å². The van der Waals surface area contributed by atoms with Crippen molar-refractivity contribution >= 4 is 43.5 Å². The Morgan fingerprint density at radius 3 is 1.33 bits per heavy atom. The first kappa shape index (κ1) is 20.6. The van der Waals surface area contributed by atoms with Gasteiger partial charge in [0.25, 0.3) is 0 Å². The van der Waals surface area contributed by atoms with Crippen LogP contribution in [0.3, 0.4) is 0 Å². The van der Waals surface area contributed by atoms with Gasteiger partial charge in [0.2, 0.25) is 0 Å². The molecule has 0 aromatic heterocycles. The molecule has 0 spiro atoms. The summed E-state index contributed by atoms with van der Waals surface area (Å²) >= 11 is -0.826. The molecule has 5 heteroatoms. The van der Waals surface area contributed by atoms with Crippen LogP contribution >= 0.6 is 17.0 Å². The third-order valence-electron chi connectivity index (χ3n) is 4.62. The van der Waals surface area contributed by atoms with E-state index in [1.54, 1.807) is 10.4 Å². The van der Waals surface area contributed by atoms with E-state index in [0.717, 1.165) is 6.42 Å². The molecule has 0 aliphatic heterocycles. The van der Waals surface area contributed by atoms with E-state index in [-0.39, 0.29) is 0 Å². The first-order chi connectivity index (χ1) is 11.1. The maximum absolute atomic E-state index is 4.93. The minimum atomic E-state index is -1.24. The molecule has 0 nitrogen and oxygen atoms in total. The molecule has 0 unspecified atom stereocenters. The predicted molar refractivity (Wildman–Crippen MR) is 112 cm³/mol. The molecule has 0 saturated carbocycles. The fraction of sp³-hybridized carbons (Fsp3) is 0.368. The van der Waals surface area contributed by atoms with Crippen molar-refractivity contribution in [3.8, 4) is 11.1 Å². The summed E-state index contributed by atoms with van der Waals surface area (Å²) in [6, 6.07) is 14.5. The van der Waals surface area contributed by atoms with E-state index in [2.05, 4.69) is 75.7 Å². The van der Waals surface area contributed by atoms with E-state index in [1.165, 1.54) is 22.3 Å². The van der Waals surface area contributed by atoms with Crippen LogP contribution in [0, 0.1) is 0 Å². The Kier molecular flexibility index (Phi) is 6.82. The zero-order chi connectivity index (χ0) is 18.1. The van der Waals surface area contributed by atoms with Crippen LogP contribution in [0.4, 0.5) is 0 Å². The van der Waals surface area contributed by atoms with Crippen LogP contribution in [0.15, 0.2) is 36.4 Å². The van der Waals surface area contributed by atoms with Crippen molar-refractivity contribution < 1.29 is 20.8 Å². The van der Waals surface area contributed by atoms with Crippen LogP contribution in [0.25, 0.3) is 11.1 Å². The van der Waals surface area contributed by atoms with Gasteiger partial charge in [0.15, 0.2) is 0 Å². The summed E-state index contributed by atoms with van der Waals surface area (Å²) in [5.41, 5.74) is 6.04. The molecule has 0 bridgehead atoms. The van der Waals surface area contributed by atoms with Crippen LogP contribution in [-0.4, -0.2) is 16.1 Å². The monoisotopic (exact) mass is 470 g/mol. The average Bonchev–Trinajstić information content (AvgIpc) is 2.83. The average molecular weight is 473 g/mol. The minimum absolute atomic E-state index is 0.826. The molecule has 128 valence electrons. The Bertz CT molecular complexity index is 670. The third-order valence-corrected chi connectivity index (χ3v) is 8.71. The molecule has 0 heterocycles. The summed E-state index contributed by atoms with van der Waals surface area (Å²) in [7, 11) is 7.39. The summed E-state index contributed by atoms with van der Waals surface area (Å²) in [5, 5.41) is 3.15. The van der Waals surface area contributed by atoms with E-state index in [1.807, 2.05) is 0 Å². The van der Waals surface area contributed by atoms with Crippen LogP contribution in [-0.2, 0) is 27.3 Å². The third kappa shape index (κ3) is 4.74. The molecule has 1 aliphatic rings. The molecule has 2 aromatic rings. The topological polar surface area (TPSA) is 0 Å². The molecule has 0 saturated heterocycles. The zero-order valence-electron chi connectivity index (χ0n) is 15.4. The molecule has 0 N–H and O–H groups in total. The Morgan fingerprint density at radius 1 is 0.708 bits per heavy atom. The van der Waals surface area contributed by atoms with Crippen LogP contribution in [0.5, 0.6) is 0 Å². The van der Waals surface area contributed by atoms with Crippen molar-refractivity contribution in [2.75, 3.05) is 0 Å². The van der Waals surface area contributed by atoms with E-state index in [4.69, 9.17) is 17.0 Å². The first-order valence-electron chi connectivity index (χ1n) is 8.31. The molecule has 2 aromatic carbocycles. The van der Waals surface area contributed by atoms with Crippen LogP contribution < -0.4 is 10.4 Å². The van der Waals surface area contributed by atoms with Gasteiger partial charge in [0.05, 0.1) is 16.1 Å². The molecule has 0 fully saturated rings. The Labute approximate surface area is 167 Å². The van der Waals surface area contributed by atoms with Crippen molar-refractivity contribution in [1.82, 2.24) is 0 Å². The molecule has 0 atom stereocenters. The summed E-state index contributed by atoms with van der Waals surface area (Å²) in [6.07, 6.45) is 1.11. The van der Waals surface area contributed by atoms with Crippen molar-refractivity contribution in [2.45, 2.75) is 45.7 Å². The Morgan fingerprint density at radius 2 is 1.04 bits per heavy atom. The first-order valence-corrected chi connectivity index (χ1v) is 21.6. The quantitative estimate of drug-likeness (QED) is 0.418. The number of hydrogen-bond acceptors (Lipinski definition) is 0. The van der Waals surface area contributed by atoms with E-state index >= 15 is 0 Å². The summed E-state index contributed by atoms with van der Waals surface area (Å²) in [5.74, 6) is 0. The van der Waals surface area contributed by atoms with Gasteiger partial charge in [-0.2, -0.15) is 0 Å². The normalized spacial score (nSPS) is 12.8. The van der Waals surface area contributed by atoms with Gasteiger partial charge in [-0.25, -0.2) is 0 Å². The predicted octanol–water partition coefficient (Wildman–Crippen LogP) is 5.72. The van der Waals surface area contributed by atoms with Gasteiger partial charge in [0.1, 0.15) is 0 Å². The molecular formula is C19H26Cl2Si2Zr. The number of halogens is 2.